The van der Waals surface area contributed by atoms with Crippen molar-refractivity contribution in [2.24, 2.45) is 14.1 Å². The molecule has 0 saturated heterocycles. The maximum Gasteiger partial charge on any atom is 0.0482 e. The van der Waals surface area contributed by atoms with E-state index in [2.05, 4.69) is 239 Å². The van der Waals surface area contributed by atoms with E-state index >= 15 is 0 Å². The van der Waals surface area contributed by atoms with E-state index in [0.717, 1.165) is 117 Å². The van der Waals surface area contributed by atoms with Crippen LogP contribution in [0.25, 0.3) is 65.4 Å². The molecule has 6 heterocycles. The number of rotatable bonds is 24. The number of H-pyrrole nitrogens is 2. The van der Waals surface area contributed by atoms with Crippen LogP contribution in [-0.4, -0.2) is 111 Å². The van der Waals surface area contributed by atoms with Crippen molar-refractivity contribution in [2.45, 2.75) is 98.1 Å². The van der Waals surface area contributed by atoms with E-state index in [-0.39, 0.29) is 0 Å². The lowest BCUT2D eigenvalue weighted by Crippen LogP contribution is -2.02. The number of nitrogens with zero attached hydrogens (tertiary/aromatic N) is 4. The van der Waals surface area contributed by atoms with Crippen molar-refractivity contribution >= 4 is 65.4 Å². The van der Waals surface area contributed by atoms with Crippen LogP contribution in [0, 0.1) is 20.8 Å². The van der Waals surface area contributed by atoms with E-state index in [1.54, 1.807) is 42.7 Å². The van der Waals surface area contributed by atoms with Crippen molar-refractivity contribution in [1.82, 2.24) is 28.2 Å². The first-order chi connectivity index (χ1) is 43.6. The Bertz CT molecular complexity index is 3770. The van der Waals surface area contributed by atoms with Crippen LogP contribution in [0.4, 0.5) is 0 Å². The Morgan fingerprint density at radius 1 is 0.404 bits per heavy atom. The van der Waals surface area contributed by atoms with Gasteiger partial charge in [-0.2, -0.15) is 0 Å². The van der Waals surface area contributed by atoms with Gasteiger partial charge in [0.2, 0.25) is 0 Å². The molecule has 89 heavy (non-hydrogen) atoms. The van der Waals surface area contributed by atoms with Gasteiger partial charge in [-0.3, -0.25) is 0 Å². The lowest BCUT2D eigenvalue weighted by atomic mass is 10.1. The summed E-state index contributed by atoms with van der Waals surface area (Å²) in [6.45, 7) is 13.6. The number of ether oxygens (including phenoxy) is 6. The van der Waals surface area contributed by atoms with Crippen molar-refractivity contribution in [3.05, 3.63) is 216 Å². The third-order valence-electron chi connectivity index (χ3n) is 16.5. The van der Waals surface area contributed by atoms with E-state index in [4.69, 9.17) is 28.4 Å². The molecule has 0 bridgehead atoms. The van der Waals surface area contributed by atoms with Crippen molar-refractivity contribution in [3.8, 4) is 0 Å². The molecule has 0 radical (unpaired) electrons. The molecule has 12 nitrogen and oxygen atoms in total. The summed E-state index contributed by atoms with van der Waals surface area (Å²) in [7, 11) is 14.7. The van der Waals surface area contributed by atoms with Crippen LogP contribution in [0.15, 0.2) is 176 Å². The van der Waals surface area contributed by atoms with Crippen LogP contribution in [0.3, 0.4) is 0 Å². The van der Waals surface area contributed by atoms with Crippen LogP contribution < -0.4 is 0 Å². The summed E-state index contributed by atoms with van der Waals surface area (Å²) in [5.41, 5.74) is 17.4. The van der Waals surface area contributed by atoms with Crippen molar-refractivity contribution in [2.75, 3.05) is 82.3 Å². The second-order valence-electron chi connectivity index (χ2n) is 22.7. The summed E-state index contributed by atoms with van der Waals surface area (Å²) in [5, 5.41) is 8.08. The van der Waals surface area contributed by atoms with Gasteiger partial charge in [-0.25, -0.2) is 0 Å². The summed E-state index contributed by atoms with van der Waals surface area (Å²) < 4.78 is 39.5. The van der Waals surface area contributed by atoms with Gasteiger partial charge in [-0.05, 0) is 167 Å². The van der Waals surface area contributed by atoms with Crippen molar-refractivity contribution < 1.29 is 28.4 Å². The second kappa shape index (κ2) is 37.3. The van der Waals surface area contributed by atoms with Gasteiger partial charge < -0.3 is 56.7 Å². The summed E-state index contributed by atoms with van der Waals surface area (Å²) in [5.74, 6) is 0. The largest absolute Gasteiger partial charge is 0.385 e. The zero-order valence-electron chi connectivity index (χ0n) is 55.2. The Labute approximate surface area is 529 Å². The molecular formula is C77H100N6O6. The van der Waals surface area contributed by atoms with Crippen LogP contribution in [0.2, 0.25) is 0 Å². The molecule has 0 saturated carbocycles. The number of aryl methyl sites for hydroxylation is 10. The summed E-state index contributed by atoms with van der Waals surface area (Å²) in [4.78, 5) is 6.69. The van der Waals surface area contributed by atoms with Crippen LogP contribution in [-0.2, 0) is 81.3 Å². The number of fused-ring (bicyclic) bond motifs is 6. The molecule has 12 rings (SSSR count). The first-order valence-electron chi connectivity index (χ1n) is 31.8. The molecule has 0 aliphatic rings. The second-order valence-corrected chi connectivity index (χ2v) is 22.7. The molecule has 12 heteroatoms. The fourth-order valence-electron chi connectivity index (χ4n) is 11.9. The maximum atomic E-state index is 5.12. The summed E-state index contributed by atoms with van der Waals surface area (Å²) in [6, 6.07) is 55.4. The van der Waals surface area contributed by atoms with Gasteiger partial charge in [0.1, 0.15) is 0 Å². The Morgan fingerprint density at radius 2 is 0.888 bits per heavy atom. The summed E-state index contributed by atoms with van der Waals surface area (Å²) in [6.07, 6.45) is 17.3. The van der Waals surface area contributed by atoms with E-state index in [9.17, 15) is 0 Å². The molecule has 12 aromatic rings. The molecule has 0 spiro atoms. The Morgan fingerprint density at radius 3 is 1.54 bits per heavy atom. The number of aromatic amines is 2. The molecule has 474 valence electrons. The molecule has 0 atom stereocenters. The molecule has 2 N–H and O–H groups in total. The molecule has 6 aromatic carbocycles. The van der Waals surface area contributed by atoms with Crippen LogP contribution in [0.5, 0.6) is 0 Å². The van der Waals surface area contributed by atoms with Crippen LogP contribution in [0.1, 0.15) is 77.9 Å². The minimum absolute atomic E-state index is 0.825. The number of methoxy groups -OCH3 is 6. The molecule has 0 fully saturated rings. The van der Waals surface area contributed by atoms with Gasteiger partial charge >= 0.3 is 0 Å². The fraction of sp³-hybridized carbons (Fsp3) is 0.377. The van der Waals surface area contributed by atoms with E-state index in [1.165, 1.54) is 105 Å². The highest BCUT2D eigenvalue weighted by atomic mass is 16.5. The van der Waals surface area contributed by atoms with Gasteiger partial charge in [-0.15, -0.1) is 0 Å². The number of hydrogen-bond donors (Lipinski definition) is 2. The number of para-hydroxylation sites is 6. The first-order valence-corrected chi connectivity index (χ1v) is 31.8. The Hall–Kier alpha value is -7.68. The number of hydrogen-bond acceptors (Lipinski definition) is 6. The highest BCUT2D eigenvalue weighted by molar-refractivity contribution is 5.87. The first kappa shape index (κ1) is 68.8. The maximum absolute atomic E-state index is 5.12. The Kier molecular flexibility index (Phi) is 28.9. The van der Waals surface area contributed by atoms with Crippen LogP contribution >= 0.6 is 0 Å². The lowest BCUT2D eigenvalue weighted by molar-refractivity contribution is 0.190. The van der Waals surface area contributed by atoms with Gasteiger partial charge in [0, 0.05) is 200 Å². The zero-order valence-corrected chi connectivity index (χ0v) is 55.2. The summed E-state index contributed by atoms with van der Waals surface area (Å²) >= 11 is 0. The molecule has 0 aliphatic heterocycles. The third-order valence-corrected chi connectivity index (χ3v) is 16.5. The average Bonchev–Trinajstić information content (AvgIpc) is 3.66. The van der Waals surface area contributed by atoms with E-state index < -0.39 is 0 Å². The van der Waals surface area contributed by atoms with Gasteiger partial charge in [0.25, 0.3) is 0 Å². The fourth-order valence-corrected chi connectivity index (χ4v) is 11.9. The quantitative estimate of drug-likeness (QED) is 0.0584. The standard InChI is InChI=1S/C14H19NO.3C13H17NO.2C12H15NO/c1-11-12(8-6-10-16-3)13-7-4-5-9-14(13)15(11)2;1-14-10-11(6-5-9-15-2)12-7-3-4-8-13(12)14;1-10-11(7-5-9-15-2)12-6-3-4-8-13(12)14-10;1-11-10-12-6-3-4-7-13(12)14(11)8-5-9-15-2;1-14-8-4-5-10-9-13-12-7-3-2-6-11(10)12;1-14-10-4-8-13-9-7-11-5-2-3-6-12(11)13/h4-5,7,9H,6,8,10H2,1-3H3;3-4,7-8,10H,5-6,9H2,1-2H3;3-4,6,8,14H,5,7,9H2,1-2H3;3-4,6-7,10H,5,8-9H2,1-2H3;2-3,6-7,9,13H,4-5,8H2,1H3;2-3,5-7,9H,4,8,10H2,1H3. The number of nitrogens with one attached hydrogen (secondary N) is 2. The number of aromatic nitrogens is 6. The number of benzene rings is 6. The topological polar surface area (TPSA) is 107 Å². The van der Waals surface area contributed by atoms with E-state index in [1.807, 2.05) is 0 Å². The molecular weight excluding hydrogens is 1100 g/mol. The van der Waals surface area contributed by atoms with E-state index in [0.29, 0.717) is 0 Å². The molecule has 0 unspecified atom stereocenters. The van der Waals surface area contributed by atoms with Crippen molar-refractivity contribution in [1.29, 1.82) is 0 Å². The minimum atomic E-state index is 0.825. The molecule has 0 aliphatic carbocycles. The SMILES string of the molecule is COCCCc1c(C)[nH]c2ccccc12.COCCCc1c(C)n(C)c2ccccc12.COCCCc1c[nH]c2ccccc12.COCCCc1cn(C)c2ccccc12.COCCCn1c(C)cc2ccccc21.COCCCn1ccc2ccccc21. The minimum Gasteiger partial charge on any atom is -0.385 e. The monoisotopic (exact) mass is 1200 g/mol. The lowest BCUT2D eigenvalue weighted by Gasteiger charge is -2.07. The molecule has 6 aromatic heterocycles. The smallest absolute Gasteiger partial charge is 0.0482 e. The van der Waals surface area contributed by atoms with Gasteiger partial charge in [0.15, 0.2) is 0 Å². The average molecular weight is 1210 g/mol. The zero-order chi connectivity index (χ0) is 63.2. The highest BCUT2D eigenvalue weighted by Gasteiger charge is 2.12. The normalized spacial score (nSPS) is 11.0. The predicted octanol–water partition coefficient (Wildman–Crippen LogP) is 17.3. The highest BCUT2D eigenvalue weighted by Crippen LogP contribution is 2.27. The predicted molar refractivity (Wildman–Crippen MR) is 374 cm³/mol. The molecule has 0 amide bonds. The Balaban J connectivity index is 0.000000152. The van der Waals surface area contributed by atoms with Gasteiger partial charge in [-0.1, -0.05) is 109 Å². The van der Waals surface area contributed by atoms with Gasteiger partial charge in [0.05, 0.1) is 0 Å². The van der Waals surface area contributed by atoms with Crippen molar-refractivity contribution in [3.63, 3.8) is 0 Å². The third kappa shape index (κ3) is 19.7.